The van der Waals surface area contributed by atoms with Crippen LogP contribution in [0.2, 0.25) is 0 Å². The van der Waals surface area contributed by atoms with E-state index in [0.29, 0.717) is 12.3 Å². The lowest BCUT2D eigenvalue weighted by Gasteiger charge is -2.01. The van der Waals surface area contributed by atoms with E-state index >= 15 is 0 Å². The molecule has 19 heavy (non-hydrogen) atoms. The Morgan fingerprint density at radius 1 is 1.42 bits per heavy atom. The number of thiazole rings is 1. The van der Waals surface area contributed by atoms with Crippen molar-refractivity contribution in [2.75, 3.05) is 13.7 Å². The lowest BCUT2D eigenvalue weighted by molar-refractivity contribution is 0.295. The fourth-order valence-corrected chi connectivity index (χ4v) is 3.43. The molecule has 0 saturated carbocycles. The number of aryl methyl sites for hydroxylation is 1. The summed E-state index contributed by atoms with van der Waals surface area (Å²) in [6.07, 6.45) is 0.522. The van der Waals surface area contributed by atoms with E-state index < -0.39 is 0 Å². The normalized spacial score (nSPS) is 10.9. The molecule has 0 spiro atoms. The van der Waals surface area contributed by atoms with Crippen molar-refractivity contribution in [3.63, 3.8) is 0 Å². The predicted molar refractivity (Wildman–Crippen MR) is 74.8 cm³/mol. The van der Waals surface area contributed by atoms with Gasteiger partial charge >= 0.3 is 0 Å². The van der Waals surface area contributed by atoms with Gasteiger partial charge in [-0.15, -0.1) is 21.5 Å². The van der Waals surface area contributed by atoms with Crippen LogP contribution < -0.4 is 4.74 Å². The number of aliphatic hydroxyl groups excluding tert-OH is 1. The van der Waals surface area contributed by atoms with Crippen LogP contribution in [0.25, 0.3) is 0 Å². The number of methoxy groups -OCH3 is 1. The molecule has 1 N–H and O–H groups in total. The Labute approximate surface area is 119 Å². The zero-order chi connectivity index (χ0) is 13.8. The Hall–Kier alpha value is -1.12. The van der Waals surface area contributed by atoms with E-state index in [9.17, 15) is 0 Å². The summed E-state index contributed by atoms with van der Waals surface area (Å²) in [7, 11) is 3.53. The van der Waals surface area contributed by atoms with Gasteiger partial charge in [-0.05, 0) is 6.92 Å². The number of nitrogens with zero attached hydrogens (tertiary/aromatic N) is 4. The van der Waals surface area contributed by atoms with Crippen molar-refractivity contribution in [3.05, 3.63) is 15.7 Å². The van der Waals surface area contributed by atoms with Crippen molar-refractivity contribution in [2.45, 2.75) is 24.3 Å². The molecular formula is C11H16N4O2S2. The van der Waals surface area contributed by atoms with Gasteiger partial charge in [0.25, 0.3) is 0 Å². The van der Waals surface area contributed by atoms with Crippen LogP contribution in [0.1, 0.15) is 15.7 Å². The number of hydrogen-bond donors (Lipinski definition) is 1. The maximum atomic E-state index is 8.91. The SMILES string of the molecule is COc1nc(CSc2nnc(CCO)n2C)sc1C. The molecule has 104 valence electrons. The first-order valence-electron chi connectivity index (χ1n) is 5.78. The van der Waals surface area contributed by atoms with Gasteiger partial charge < -0.3 is 14.4 Å². The number of hydrogen-bond acceptors (Lipinski definition) is 7. The average Bonchev–Trinajstić information content (AvgIpc) is 2.92. The van der Waals surface area contributed by atoms with Crippen LogP contribution >= 0.6 is 23.1 Å². The Balaban J connectivity index is 2.01. The van der Waals surface area contributed by atoms with Crippen LogP contribution in [0.3, 0.4) is 0 Å². The molecule has 8 heteroatoms. The van der Waals surface area contributed by atoms with Gasteiger partial charge in [-0.3, -0.25) is 0 Å². The van der Waals surface area contributed by atoms with Crippen molar-refractivity contribution in [3.8, 4) is 5.88 Å². The Bertz CT molecular complexity index is 553. The molecule has 0 atom stereocenters. The summed E-state index contributed by atoms with van der Waals surface area (Å²) < 4.78 is 7.07. The summed E-state index contributed by atoms with van der Waals surface area (Å²) >= 11 is 3.21. The highest BCUT2D eigenvalue weighted by Crippen LogP contribution is 2.28. The van der Waals surface area contributed by atoms with Gasteiger partial charge in [0.15, 0.2) is 5.16 Å². The molecular weight excluding hydrogens is 284 g/mol. The van der Waals surface area contributed by atoms with Crippen molar-refractivity contribution < 1.29 is 9.84 Å². The smallest absolute Gasteiger partial charge is 0.227 e. The lowest BCUT2D eigenvalue weighted by atomic mass is 10.4. The van der Waals surface area contributed by atoms with E-state index in [1.165, 1.54) is 0 Å². The minimum absolute atomic E-state index is 0.0829. The number of aliphatic hydroxyl groups is 1. The molecule has 0 aromatic carbocycles. The lowest BCUT2D eigenvalue weighted by Crippen LogP contribution is -2.01. The summed E-state index contributed by atoms with van der Waals surface area (Å²) in [5.74, 6) is 2.22. The standard InChI is InChI=1S/C11H16N4O2S2/c1-7-10(17-3)12-9(19-7)6-18-11-14-13-8(4-5-16)15(11)2/h16H,4-6H2,1-3H3. The third-order valence-corrected chi connectivity index (χ3v) is 4.74. The largest absolute Gasteiger partial charge is 0.480 e. The van der Waals surface area contributed by atoms with Crippen LogP contribution in [0, 0.1) is 6.92 Å². The highest BCUT2D eigenvalue weighted by Gasteiger charge is 2.12. The van der Waals surface area contributed by atoms with Gasteiger partial charge in [-0.1, -0.05) is 11.8 Å². The fourth-order valence-electron chi connectivity index (χ4n) is 1.60. The monoisotopic (exact) mass is 300 g/mol. The van der Waals surface area contributed by atoms with Crippen molar-refractivity contribution in [2.24, 2.45) is 7.05 Å². The predicted octanol–water partition coefficient (Wildman–Crippen LogP) is 1.42. The Kier molecular flexibility index (Phi) is 4.78. The highest BCUT2D eigenvalue weighted by atomic mass is 32.2. The van der Waals surface area contributed by atoms with Crippen molar-refractivity contribution >= 4 is 23.1 Å². The molecule has 0 unspecified atom stereocenters. The van der Waals surface area contributed by atoms with Crippen LogP contribution in [0.5, 0.6) is 5.88 Å². The molecule has 2 aromatic rings. The molecule has 0 saturated heterocycles. The quantitative estimate of drug-likeness (QED) is 0.813. The molecule has 0 amide bonds. The summed E-state index contributed by atoms with van der Waals surface area (Å²) in [5, 5.41) is 18.9. The first-order valence-corrected chi connectivity index (χ1v) is 7.58. The molecule has 0 aliphatic heterocycles. The van der Waals surface area contributed by atoms with Crippen LogP contribution in [-0.4, -0.2) is 38.6 Å². The molecule has 0 aliphatic carbocycles. The van der Waals surface area contributed by atoms with E-state index in [2.05, 4.69) is 15.2 Å². The van der Waals surface area contributed by atoms with E-state index in [-0.39, 0.29) is 6.61 Å². The van der Waals surface area contributed by atoms with Crippen LogP contribution in [0.4, 0.5) is 0 Å². The summed E-state index contributed by atoms with van der Waals surface area (Å²) in [6.45, 7) is 2.08. The zero-order valence-electron chi connectivity index (χ0n) is 11.1. The van der Waals surface area contributed by atoms with Gasteiger partial charge in [0, 0.05) is 13.5 Å². The molecule has 0 bridgehead atoms. The second-order valence-corrected chi connectivity index (χ2v) is 6.12. The Morgan fingerprint density at radius 3 is 2.84 bits per heavy atom. The van der Waals surface area contributed by atoms with Gasteiger partial charge in [-0.25, -0.2) is 4.98 Å². The number of rotatable bonds is 6. The molecule has 0 fully saturated rings. The fraction of sp³-hybridized carbons (Fsp3) is 0.545. The minimum atomic E-state index is 0.0829. The molecule has 2 aromatic heterocycles. The van der Waals surface area contributed by atoms with Gasteiger partial charge in [-0.2, -0.15) is 0 Å². The second kappa shape index (κ2) is 6.36. The topological polar surface area (TPSA) is 73.1 Å². The maximum absolute atomic E-state index is 8.91. The number of aromatic nitrogens is 4. The maximum Gasteiger partial charge on any atom is 0.227 e. The zero-order valence-corrected chi connectivity index (χ0v) is 12.7. The van der Waals surface area contributed by atoms with Crippen LogP contribution in [-0.2, 0) is 19.2 Å². The third kappa shape index (κ3) is 3.26. The molecule has 0 aliphatic rings. The average molecular weight is 300 g/mol. The van der Waals surface area contributed by atoms with Gasteiger partial charge in [0.05, 0.1) is 24.3 Å². The summed E-state index contributed by atoms with van der Waals surface area (Å²) in [5.41, 5.74) is 0. The first-order chi connectivity index (χ1) is 9.15. The van der Waals surface area contributed by atoms with Crippen LogP contribution in [0.15, 0.2) is 5.16 Å². The van der Waals surface area contributed by atoms with Crippen molar-refractivity contribution in [1.82, 2.24) is 19.7 Å². The van der Waals surface area contributed by atoms with E-state index in [1.54, 1.807) is 30.2 Å². The highest BCUT2D eigenvalue weighted by molar-refractivity contribution is 7.98. The van der Waals surface area contributed by atoms with E-state index in [4.69, 9.17) is 9.84 Å². The Morgan fingerprint density at radius 2 is 2.21 bits per heavy atom. The minimum Gasteiger partial charge on any atom is -0.480 e. The number of thioether (sulfide) groups is 1. The summed E-state index contributed by atoms with van der Waals surface area (Å²) in [4.78, 5) is 5.47. The van der Waals surface area contributed by atoms with E-state index in [1.807, 2.05) is 18.5 Å². The molecule has 0 radical (unpaired) electrons. The van der Waals surface area contributed by atoms with Crippen molar-refractivity contribution in [1.29, 1.82) is 0 Å². The third-order valence-electron chi connectivity index (χ3n) is 2.58. The second-order valence-electron chi connectivity index (χ2n) is 3.89. The molecule has 6 nitrogen and oxygen atoms in total. The molecule has 2 heterocycles. The van der Waals surface area contributed by atoms with Gasteiger partial charge in [0.1, 0.15) is 10.8 Å². The molecule has 2 rings (SSSR count). The van der Waals surface area contributed by atoms with Gasteiger partial charge in [0.2, 0.25) is 5.88 Å². The summed E-state index contributed by atoms with van der Waals surface area (Å²) in [6, 6.07) is 0. The number of ether oxygens (including phenoxy) is 1. The first kappa shape index (κ1) is 14.3. The van der Waals surface area contributed by atoms with E-state index in [0.717, 1.165) is 26.6 Å².